The molecule has 0 saturated heterocycles. The average molecular weight is 351 g/mol. The predicted octanol–water partition coefficient (Wildman–Crippen LogP) is 2.18. The predicted molar refractivity (Wildman–Crippen MR) is 100 cm³/mol. The van der Waals surface area contributed by atoms with E-state index in [1.165, 1.54) is 6.20 Å². The van der Waals surface area contributed by atoms with Gasteiger partial charge in [0, 0.05) is 12.7 Å². The Balaban J connectivity index is 1.49. The van der Waals surface area contributed by atoms with E-state index in [9.17, 15) is 4.79 Å². The number of aromatic nitrogens is 2. The summed E-state index contributed by atoms with van der Waals surface area (Å²) in [6.07, 6.45) is 3.16. The number of carbonyl (C=O) groups excluding carboxylic acids is 1. The molecular formula is C18H17N5OS. The first kappa shape index (κ1) is 16.7. The number of nitrogens with one attached hydrogen (secondary N) is 3. The van der Waals surface area contributed by atoms with Crippen molar-refractivity contribution in [2.24, 2.45) is 0 Å². The normalized spacial score (nSPS) is 10.1. The third kappa shape index (κ3) is 4.65. The fourth-order valence-corrected chi connectivity index (χ4v) is 2.29. The van der Waals surface area contributed by atoms with E-state index < -0.39 is 0 Å². The molecule has 126 valence electrons. The molecule has 0 radical (unpaired) electrons. The van der Waals surface area contributed by atoms with Crippen molar-refractivity contribution in [2.75, 3.05) is 0 Å². The molecule has 0 fully saturated rings. The lowest BCUT2D eigenvalue weighted by Gasteiger charge is -2.11. The summed E-state index contributed by atoms with van der Waals surface area (Å²) in [5, 5.41) is 7.55. The van der Waals surface area contributed by atoms with Crippen molar-refractivity contribution in [3.63, 3.8) is 0 Å². The second kappa shape index (κ2) is 8.07. The first-order valence-electron chi connectivity index (χ1n) is 7.70. The largest absolute Gasteiger partial charge is 0.357 e. The van der Waals surface area contributed by atoms with E-state index in [0.717, 1.165) is 11.3 Å². The molecule has 0 aliphatic rings. The highest BCUT2D eigenvalue weighted by molar-refractivity contribution is 7.80. The standard InChI is InChI=1S/C18H17N5OS/c24-17(15-12-20-23(13-15)16-9-5-2-6-10-16)21-22-18(25)19-11-14-7-3-1-4-8-14/h1-10,12-13H,11H2,(H,21,24)(H2,19,22,25). The molecule has 0 saturated carbocycles. The highest BCUT2D eigenvalue weighted by Crippen LogP contribution is 2.07. The number of nitrogens with zero attached hydrogens (tertiary/aromatic N) is 2. The van der Waals surface area contributed by atoms with Gasteiger partial charge in [-0.05, 0) is 29.9 Å². The van der Waals surface area contributed by atoms with Gasteiger partial charge in [0.15, 0.2) is 5.11 Å². The highest BCUT2D eigenvalue weighted by atomic mass is 32.1. The number of thiocarbonyl (C=S) groups is 1. The van der Waals surface area contributed by atoms with E-state index in [1.54, 1.807) is 10.9 Å². The molecule has 0 bridgehead atoms. The molecule has 2 aromatic carbocycles. The molecule has 7 heteroatoms. The number of hydrogen-bond donors (Lipinski definition) is 3. The number of para-hydroxylation sites is 1. The van der Waals surface area contributed by atoms with E-state index >= 15 is 0 Å². The molecule has 3 aromatic rings. The number of hydrogen-bond acceptors (Lipinski definition) is 3. The lowest BCUT2D eigenvalue weighted by molar-refractivity contribution is 0.0943. The van der Waals surface area contributed by atoms with Crippen LogP contribution in [0.1, 0.15) is 15.9 Å². The smallest absolute Gasteiger partial charge is 0.272 e. The SMILES string of the molecule is O=C(NNC(=S)NCc1ccccc1)c1cnn(-c2ccccc2)c1. The molecule has 3 N–H and O–H groups in total. The van der Waals surface area contributed by atoms with Crippen molar-refractivity contribution >= 4 is 23.2 Å². The third-order valence-electron chi connectivity index (χ3n) is 3.45. The lowest BCUT2D eigenvalue weighted by Crippen LogP contribution is -2.46. The zero-order valence-corrected chi connectivity index (χ0v) is 14.2. The summed E-state index contributed by atoms with van der Waals surface area (Å²) in [5.41, 5.74) is 7.65. The topological polar surface area (TPSA) is 71.0 Å². The summed E-state index contributed by atoms with van der Waals surface area (Å²) in [6, 6.07) is 19.4. The molecule has 25 heavy (non-hydrogen) atoms. The first-order valence-corrected chi connectivity index (χ1v) is 8.11. The summed E-state index contributed by atoms with van der Waals surface area (Å²) < 4.78 is 1.64. The van der Waals surface area contributed by atoms with Crippen LogP contribution in [-0.4, -0.2) is 20.8 Å². The Bertz CT molecular complexity index is 848. The van der Waals surface area contributed by atoms with Crippen LogP contribution >= 0.6 is 12.2 Å². The van der Waals surface area contributed by atoms with Gasteiger partial charge >= 0.3 is 0 Å². The van der Waals surface area contributed by atoms with Crippen LogP contribution < -0.4 is 16.2 Å². The molecule has 0 atom stereocenters. The van der Waals surface area contributed by atoms with Gasteiger partial charge in [0.2, 0.25) is 0 Å². The van der Waals surface area contributed by atoms with Crippen molar-refractivity contribution in [3.05, 3.63) is 84.2 Å². The van der Waals surface area contributed by atoms with Gasteiger partial charge in [-0.15, -0.1) is 0 Å². The fourth-order valence-electron chi connectivity index (χ4n) is 2.17. The van der Waals surface area contributed by atoms with Gasteiger partial charge < -0.3 is 5.32 Å². The lowest BCUT2D eigenvalue weighted by atomic mass is 10.2. The Kier molecular flexibility index (Phi) is 5.38. The molecular weight excluding hydrogens is 334 g/mol. The Morgan fingerprint density at radius 3 is 2.40 bits per heavy atom. The van der Waals surface area contributed by atoms with E-state index in [2.05, 4.69) is 21.3 Å². The molecule has 0 aliphatic carbocycles. The van der Waals surface area contributed by atoms with E-state index in [4.69, 9.17) is 12.2 Å². The number of amides is 1. The van der Waals surface area contributed by atoms with Crippen molar-refractivity contribution in [1.29, 1.82) is 0 Å². The van der Waals surface area contributed by atoms with Gasteiger partial charge in [-0.1, -0.05) is 48.5 Å². The van der Waals surface area contributed by atoms with Crippen LogP contribution in [0.5, 0.6) is 0 Å². The van der Waals surface area contributed by atoms with Crippen LogP contribution in [0.4, 0.5) is 0 Å². The maximum Gasteiger partial charge on any atom is 0.272 e. The third-order valence-corrected chi connectivity index (χ3v) is 3.70. The van der Waals surface area contributed by atoms with Crippen molar-refractivity contribution in [2.45, 2.75) is 6.54 Å². The molecule has 1 aromatic heterocycles. The van der Waals surface area contributed by atoms with E-state index in [0.29, 0.717) is 17.2 Å². The second-order valence-electron chi connectivity index (χ2n) is 5.26. The monoisotopic (exact) mass is 351 g/mol. The van der Waals surface area contributed by atoms with Gasteiger partial charge in [0.25, 0.3) is 5.91 Å². The fraction of sp³-hybridized carbons (Fsp3) is 0.0556. The van der Waals surface area contributed by atoms with Crippen molar-refractivity contribution < 1.29 is 4.79 Å². The van der Waals surface area contributed by atoms with Crippen LogP contribution in [0.15, 0.2) is 73.1 Å². The number of rotatable bonds is 4. The van der Waals surface area contributed by atoms with Crippen LogP contribution in [0.25, 0.3) is 5.69 Å². The average Bonchev–Trinajstić information content (AvgIpc) is 3.16. The van der Waals surface area contributed by atoms with Crippen LogP contribution in [-0.2, 0) is 6.54 Å². The molecule has 3 rings (SSSR count). The first-order chi connectivity index (χ1) is 12.2. The minimum atomic E-state index is -0.314. The molecule has 0 spiro atoms. The van der Waals surface area contributed by atoms with Crippen molar-refractivity contribution in [1.82, 2.24) is 25.9 Å². The van der Waals surface area contributed by atoms with Crippen LogP contribution in [0.3, 0.4) is 0 Å². The minimum absolute atomic E-state index is 0.314. The molecule has 0 aliphatic heterocycles. The molecule has 0 unspecified atom stereocenters. The Morgan fingerprint density at radius 1 is 1.00 bits per heavy atom. The van der Waals surface area contributed by atoms with Crippen LogP contribution in [0.2, 0.25) is 0 Å². The molecule has 6 nitrogen and oxygen atoms in total. The number of hydrazine groups is 1. The van der Waals surface area contributed by atoms with E-state index in [1.807, 2.05) is 60.7 Å². The Labute approximate surface area is 150 Å². The zero-order valence-electron chi connectivity index (χ0n) is 13.3. The van der Waals surface area contributed by atoms with Crippen molar-refractivity contribution in [3.8, 4) is 5.69 Å². The van der Waals surface area contributed by atoms with Gasteiger partial charge in [0.1, 0.15) is 0 Å². The summed E-state index contributed by atoms with van der Waals surface area (Å²) in [4.78, 5) is 12.2. The Hall–Kier alpha value is -3.19. The van der Waals surface area contributed by atoms with Gasteiger partial charge in [-0.25, -0.2) is 4.68 Å². The summed E-state index contributed by atoms with van der Waals surface area (Å²) in [5.74, 6) is -0.314. The maximum atomic E-state index is 12.2. The molecule has 1 amide bonds. The number of carbonyl (C=O) groups is 1. The summed E-state index contributed by atoms with van der Waals surface area (Å²) in [7, 11) is 0. The number of benzene rings is 2. The maximum absolute atomic E-state index is 12.2. The minimum Gasteiger partial charge on any atom is -0.357 e. The van der Waals surface area contributed by atoms with Gasteiger partial charge in [0.05, 0.1) is 17.4 Å². The molecule has 1 heterocycles. The quantitative estimate of drug-likeness (QED) is 0.496. The highest BCUT2D eigenvalue weighted by Gasteiger charge is 2.09. The Morgan fingerprint density at radius 2 is 1.68 bits per heavy atom. The van der Waals surface area contributed by atoms with Gasteiger partial charge in [-0.2, -0.15) is 5.10 Å². The van der Waals surface area contributed by atoms with Crippen LogP contribution in [0, 0.1) is 0 Å². The van der Waals surface area contributed by atoms with Gasteiger partial charge in [-0.3, -0.25) is 15.6 Å². The summed E-state index contributed by atoms with van der Waals surface area (Å²) >= 11 is 5.15. The van der Waals surface area contributed by atoms with E-state index in [-0.39, 0.29) is 5.91 Å². The summed E-state index contributed by atoms with van der Waals surface area (Å²) in [6.45, 7) is 0.578. The zero-order chi connectivity index (χ0) is 17.5. The second-order valence-corrected chi connectivity index (χ2v) is 5.66.